The molecule has 2 aromatic heterocycles. The zero-order valence-electron chi connectivity index (χ0n) is 14.7. The van der Waals surface area contributed by atoms with Gasteiger partial charge in [-0.05, 0) is 31.0 Å². The van der Waals surface area contributed by atoms with E-state index in [4.69, 9.17) is 5.73 Å². The Hall–Kier alpha value is -3.51. The minimum Gasteiger partial charge on any atom is -0.384 e. The predicted octanol–water partition coefficient (Wildman–Crippen LogP) is 3.36. The van der Waals surface area contributed by atoms with Gasteiger partial charge in [-0.2, -0.15) is 5.26 Å². The summed E-state index contributed by atoms with van der Waals surface area (Å²) in [6.45, 7) is 0. The molecule has 140 valence electrons. The van der Waals surface area contributed by atoms with Crippen molar-refractivity contribution in [3.8, 4) is 6.07 Å². The molecule has 0 radical (unpaired) electrons. The molecule has 2 aromatic rings. The molecule has 0 saturated carbocycles. The number of ketones is 1. The molecule has 0 bridgehead atoms. The molecule has 0 saturated heterocycles. The second-order valence-corrected chi connectivity index (χ2v) is 7.55. The first kappa shape index (κ1) is 17.9. The fraction of sp³-hybridized carbons (Fsp3) is 0.211. The fourth-order valence-electron chi connectivity index (χ4n) is 3.75. The summed E-state index contributed by atoms with van der Waals surface area (Å²) in [5.74, 6) is -0.513. The van der Waals surface area contributed by atoms with Crippen LogP contribution in [0.3, 0.4) is 0 Å². The van der Waals surface area contributed by atoms with E-state index in [1.54, 1.807) is 29.4 Å². The Morgan fingerprint density at radius 3 is 2.82 bits per heavy atom. The van der Waals surface area contributed by atoms with Gasteiger partial charge in [-0.25, -0.2) is 0 Å². The number of hydrogen-bond acceptors (Lipinski definition) is 8. The molecule has 0 amide bonds. The molecule has 4 rings (SSSR count). The van der Waals surface area contributed by atoms with Crippen LogP contribution in [0.1, 0.15) is 30.1 Å². The maximum absolute atomic E-state index is 12.9. The maximum atomic E-state index is 12.9. The van der Waals surface area contributed by atoms with Gasteiger partial charge in [0.25, 0.3) is 0 Å². The van der Waals surface area contributed by atoms with Gasteiger partial charge < -0.3 is 5.73 Å². The minimum absolute atomic E-state index is 0.0361. The van der Waals surface area contributed by atoms with Gasteiger partial charge in [0.1, 0.15) is 5.82 Å². The molecule has 2 N–H and O–H groups in total. The number of nitro groups is 1. The Morgan fingerprint density at radius 1 is 1.36 bits per heavy atom. The molecule has 1 aliphatic heterocycles. The van der Waals surface area contributed by atoms with Crippen molar-refractivity contribution in [1.29, 1.82) is 5.26 Å². The van der Waals surface area contributed by atoms with E-state index in [1.807, 2.05) is 6.07 Å². The molecule has 0 spiro atoms. The molecule has 0 fully saturated rings. The molecule has 0 unspecified atom stereocenters. The molecule has 2 aliphatic rings. The summed E-state index contributed by atoms with van der Waals surface area (Å²) in [7, 11) is 0. The summed E-state index contributed by atoms with van der Waals surface area (Å²) in [5, 5.41) is 20.9. The molecular formula is C19H15N5O3S. The SMILES string of the molecule is N#CC1=C(N)N(c2cccnc2)C2=C(C(=O)CCC2)[C@@H]1c1ccc([N+](=O)[O-])s1. The van der Waals surface area contributed by atoms with E-state index in [9.17, 15) is 20.2 Å². The van der Waals surface area contributed by atoms with E-state index in [2.05, 4.69) is 11.1 Å². The number of hydrogen-bond donors (Lipinski definition) is 1. The Morgan fingerprint density at radius 2 is 2.18 bits per heavy atom. The van der Waals surface area contributed by atoms with Crippen LogP contribution in [0.15, 0.2) is 59.3 Å². The van der Waals surface area contributed by atoms with Crippen molar-refractivity contribution in [1.82, 2.24) is 4.98 Å². The van der Waals surface area contributed by atoms with Crippen LogP contribution in [0.2, 0.25) is 0 Å². The molecule has 1 aliphatic carbocycles. The summed E-state index contributed by atoms with van der Waals surface area (Å²) < 4.78 is 0. The lowest BCUT2D eigenvalue weighted by molar-refractivity contribution is -0.380. The number of anilines is 1. The third-order valence-electron chi connectivity index (χ3n) is 4.89. The number of carbonyl (C=O) groups is 1. The Labute approximate surface area is 164 Å². The van der Waals surface area contributed by atoms with Crippen molar-refractivity contribution in [2.45, 2.75) is 25.2 Å². The highest BCUT2D eigenvalue weighted by Crippen LogP contribution is 2.48. The molecule has 9 heteroatoms. The fourth-order valence-corrected chi connectivity index (χ4v) is 4.69. The van der Waals surface area contributed by atoms with Crippen LogP contribution in [0, 0.1) is 21.4 Å². The van der Waals surface area contributed by atoms with E-state index >= 15 is 0 Å². The molecule has 1 atom stereocenters. The number of carbonyl (C=O) groups excluding carboxylic acids is 1. The highest BCUT2D eigenvalue weighted by molar-refractivity contribution is 7.15. The van der Waals surface area contributed by atoms with Gasteiger partial charge in [-0.3, -0.25) is 24.8 Å². The second kappa shape index (κ2) is 6.90. The lowest BCUT2D eigenvalue weighted by Gasteiger charge is -2.39. The Bertz CT molecular complexity index is 1080. The van der Waals surface area contributed by atoms with E-state index in [0.29, 0.717) is 35.4 Å². The summed E-state index contributed by atoms with van der Waals surface area (Å²) >= 11 is 0.966. The van der Waals surface area contributed by atoms with Gasteiger partial charge in [-0.15, -0.1) is 0 Å². The van der Waals surface area contributed by atoms with Crippen LogP contribution in [-0.4, -0.2) is 15.7 Å². The van der Waals surface area contributed by atoms with Crippen LogP contribution in [0.5, 0.6) is 0 Å². The Balaban J connectivity index is 1.95. The first-order valence-electron chi connectivity index (χ1n) is 8.63. The molecular weight excluding hydrogens is 378 g/mol. The number of nitrogens with zero attached hydrogens (tertiary/aromatic N) is 4. The van der Waals surface area contributed by atoms with Gasteiger partial charge in [0.15, 0.2) is 5.78 Å². The number of Topliss-reactive ketones (excluding diaryl/α,β-unsaturated/α-hetero) is 1. The molecule has 8 nitrogen and oxygen atoms in total. The lowest BCUT2D eigenvalue weighted by atomic mass is 9.78. The molecule has 3 heterocycles. The smallest absolute Gasteiger partial charge is 0.324 e. The van der Waals surface area contributed by atoms with Crippen LogP contribution >= 0.6 is 11.3 Å². The van der Waals surface area contributed by atoms with Crippen LogP contribution in [0.25, 0.3) is 0 Å². The van der Waals surface area contributed by atoms with Crippen molar-refractivity contribution in [3.05, 3.63) is 74.3 Å². The third-order valence-corrected chi connectivity index (χ3v) is 6.00. The highest BCUT2D eigenvalue weighted by atomic mass is 32.1. The van der Waals surface area contributed by atoms with Crippen molar-refractivity contribution in [3.63, 3.8) is 0 Å². The van der Waals surface area contributed by atoms with E-state index in [-0.39, 0.29) is 22.2 Å². The van der Waals surface area contributed by atoms with Gasteiger partial charge >= 0.3 is 5.00 Å². The van der Waals surface area contributed by atoms with Crippen LogP contribution < -0.4 is 10.6 Å². The van der Waals surface area contributed by atoms with E-state index in [0.717, 1.165) is 17.0 Å². The molecule has 28 heavy (non-hydrogen) atoms. The highest BCUT2D eigenvalue weighted by Gasteiger charge is 2.41. The standard InChI is InChI=1S/C19H15N5O3S/c20-9-12-17(15-6-7-16(28-15)24(26)27)18-13(4-1-5-14(18)25)23(19(12)21)11-3-2-8-22-10-11/h2-3,6-8,10,17H,1,4-5,21H2/t17-/m0/s1. The summed E-state index contributed by atoms with van der Waals surface area (Å²) in [6, 6.07) is 8.71. The molecule has 0 aromatic carbocycles. The average Bonchev–Trinajstić information content (AvgIpc) is 3.18. The van der Waals surface area contributed by atoms with Crippen molar-refractivity contribution < 1.29 is 9.72 Å². The average molecular weight is 393 g/mol. The largest absolute Gasteiger partial charge is 0.384 e. The number of nitrogens with two attached hydrogens (primary N) is 1. The number of nitriles is 1. The maximum Gasteiger partial charge on any atom is 0.324 e. The van der Waals surface area contributed by atoms with Crippen molar-refractivity contribution in [2.24, 2.45) is 5.73 Å². The van der Waals surface area contributed by atoms with Gasteiger partial charge in [0.2, 0.25) is 0 Å². The van der Waals surface area contributed by atoms with Gasteiger partial charge in [-0.1, -0.05) is 11.3 Å². The lowest BCUT2D eigenvalue weighted by Crippen LogP contribution is -2.38. The summed E-state index contributed by atoms with van der Waals surface area (Å²) in [4.78, 5) is 29.9. The second-order valence-electron chi connectivity index (χ2n) is 6.46. The third kappa shape index (κ3) is 2.75. The summed E-state index contributed by atoms with van der Waals surface area (Å²) in [6.07, 6.45) is 4.94. The quantitative estimate of drug-likeness (QED) is 0.626. The van der Waals surface area contributed by atoms with Gasteiger partial charge in [0.05, 0.1) is 34.4 Å². The number of thiophene rings is 1. The normalized spacial score (nSPS) is 19.5. The van der Waals surface area contributed by atoms with Crippen LogP contribution in [-0.2, 0) is 4.79 Å². The first-order valence-corrected chi connectivity index (χ1v) is 9.44. The number of pyridine rings is 1. The first-order chi connectivity index (χ1) is 13.5. The Kier molecular flexibility index (Phi) is 4.41. The minimum atomic E-state index is -0.681. The number of rotatable bonds is 3. The number of allylic oxidation sites excluding steroid dienone is 3. The van der Waals surface area contributed by atoms with E-state index < -0.39 is 10.8 Å². The monoisotopic (exact) mass is 393 g/mol. The zero-order chi connectivity index (χ0) is 19.8. The predicted molar refractivity (Wildman–Crippen MR) is 103 cm³/mol. The van der Waals surface area contributed by atoms with Gasteiger partial charge in [0, 0.05) is 34.8 Å². The zero-order valence-corrected chi connectivity index (χ0v) is 15.5. The summed E-state index contributed by atoms with van der Waals surface area (Å²) in [5.41, 5.74) is 8.52. The topological polar surface area (TPSA) is 126 Å². The van der Waals surface area contributed by atoms with Crippen molar-refractivity contribution >= 4 is 27.8 Å². The van der Waals surface area contributed by atoms with Crippen LogP contribution in [0.4, 0.5) is 10.7 Å². The number of aromatic nitrogens is 1. The van der Waals surface area contributed by atoms with E-state index in [1.165, 1.54) is 6.07 Å². The van der Waals surface area contributed by atoms with Crippen molar-refractivity contribution in [2.75, 3.05) is 4.90 Å².